The Morgan fingerprint density at radius 3 is 2.50 bits per heavy atom. The Bertz CT molecular complexity index is 253. The van der Waals surface area contributed by atoms with Crippen LogP contribution in [0, 0.1) is 0 Å². The second kappa shape index (κ2) is 3.93. The van der Waals surface area contributed by atoms with Crippen LogP contribution in [0.4, 0.5) is 0 Å². The van der Waals surface area contributed by atoms with E-state index in [9.17, 15) is 0 Å². The molecule has 0 heterocycles. The lowest BCUT2D eigenvalue weighted by Gasteiger charge is -2.05. The first-order valence-corrected chi connectivity index (χ1v) is 3.88. The summed E-state index contributed by atoms with van der Waals surface area (Å²) in [6.45, 7) is 3.60. The molecular formula is C10H13NO. The van der Waals surface area contributed by atoms with Crippen molar-refractivity contribution < 1.29 is 5.11 Å². The van der Waals surface area contributed by atoms with E-state index in [1.54, 1.807) is 18.2 Å². The summed E-state index contributed by atoms with van der Waals surface area (Å²) in [7, 11) is 0. The number of hydrogen-bond acceptors (Lipinski definition) is 2. The first-order valence-electron chi connectivity index (χ1n) is 3.88. The summed E-state index contributed by atoms with van der Waals surface area (Å²) in [5.74, 6) is 0.283. The van der Waals surface area contributed by atoms with E-state index in [2.05, 4.69) is 6.58 Å². The number of benzene rings is 1. The minimum atomic E-state index is -0.00505. The van der Waals surface area contributed by atoms with E-state index in [4.69, 9.17) is 10.8 Å². The number of nitrogens with two attached hydrogens (primary N) is 1. The third-order valence-electron chi connectivity index (χ3n) is 1.71. The maximum Gasteiger partial charge on any atom is 0.115 e. The van der Waals surface area contributed by atoms with Crippen molar-refractivity contribution in [3.05, 3.63) is 42.5 Å². The van der Waals surface area contributed by atoms with Crippen LogP contribution in [0.25, 0.3) is 0 Å². The maximum atomic E-state index is 9.00. The molecule has 0 saturated carbocycles. The first-order chi connectivity index (χ1) is 5.72. The van der Waals surface area contributed by atoms with E-state index in [0.29, 0.717) is 0 Å². The predicted molar refractivity (Wildman–Crippen MR) is 50.0 cm³/mol. The van der Waals surface area contributed by atoms with Crippen LogP contribution in [0.5, 0.6) is 5.75 Å². The Hall–Kier alpha value is -1.28. The second-order valence-corrected chi connectivity index (χ2v) is 2.77. The van der Waals surface area contributed by atoms with Gasteiger partial charge in [0.25, 0.3) is 0 Å². The van der Waals surface area contributed by atoms with Gasteiger partial charge >= 0.3 is 0 Å². The summed E-state index contributed by atoms with van der Waals surface area (Å²) in [5, 5.41) is 9.00. The van der Waals surface area contributed by atoms with E-state index < -0.39 is 0 Å². The van der Waals surface area contributed by atoms with Crippen LogP contribution >= 0.6 is 0 Å². The summed E-state index contributed by atoms with van der Waals surface area (Å²) in [4.78, 5) is 0. The highest BCUT2D eigenvalue weighted by Crippen LogP contribution is 2.10. The molecule has 0 spiro atoms. The normalized spacial score (nSPS) is 12.4. The molecule has 12 heavy (non-hydrogen) atoms. The van der Waals surface area contributed by atoms with Gasteiger partial charge in [-0.15, -0.1) is 6.58 Å². The third-order valence-corrected chi connectivity index (χ3v) is 1.71. The smallest absolute Gasteiger partial charge is 0.115 e. The SMILES string of the molecule is C=C[C@@H](N)Cc1ccc(O)cc1. The summed E-state index contributed by atoms with van der Waals surface area (Å²) < 4.78 is 0. The van der Waals surface area contributed by atoms with Crippen LogP contribution in [0.15, 0.2) is 36.9 Å². The molecule has 1 aromatic rings. The molecule has 0 unspecified atom stereocenters. The molecule has 2 heteroatoms. The van der Waals surface area contributed by atoms with Gasteiger partial charge in [-0.2, -0.15) is 0 Å². The largest absolute Gasteiger partial charge is 0.508 e. The average Bonchev–Trinajstić information content (AvgIpc) is 2.09. The highest BCUT2D eigenvalue weighted by atomic mass is 16.3. The molecule has 0 aliphatic carbocycles. The molecule has 64 valence electrons. The van der Waals surface area contributed by atoms with E-state index in [1.165, 1.54) is 0 Å². The number of aromatic hydroxyl groups is 1. The number of phenolic OH excluding ortho intramolecular Hbond substituents is 1. The van der Waals surface area contributed by atoms with Crippen molar-refractivity contribution in [2.75, 3.05) is 0 Å². The second-order valence-electron chi connectivity index (χ2n) is 2.77. The van der Waals surface area contributed by atoms with E-state index >= 15 is 0 Å². The molecule has 0 aliphatic heterocycles. The Morgan fingerprint density at radius 2 is 2.00 bits per heavy atom. The van der Waals surface area contributed by atoms with Crippen LogP contribution in [-0.4, -0.2) is 11.1 Å². The molecule has 0 fully saturated rings. The molecule has 0 amide bonds. The highest BCUT2D eigenvalue weighted by Gasteiger charge is 1.98. The zero-order valence-electron chi connectivity index (χ0n) is 6.90. The van der Waals surface area contributed by atoms with E-state index in [0.717, 1.165) is 12.0 Å². The Kier molecular flexibility index (Phi) is 2.88. The van der Waals surface area contributed by atoms with Crippen molar-refractivity contribution in [2.24, 2.45) is 5.73 Å². The predicted octanol–water partition coefficient (Wildman–Crippen LogP) is 1.45. The maximum absolute atomic E-state index is 9.00. The van der Waals surface area contributed by atoms with Gasteiger partial charge in [0.1, 0.15) is 5.75 Å². The Labute approximate surface area is 72.3 Å². The Morgan fingerprint density at radius 1 is 1.42 bits per heavy atom. The lowest BCUT2D eigenvalue weighted by Crippen LogP contribution is -2.19. The third kappa shape index (κ3) is 2.40. The van der Waals surface area contributed by atoms with Gasteiger partial charge in [-0.3, -0.25) is 0 Å². The topological polar surface area (TPSA) is 46.2 Å². The van der Waals surface area contributed by atoms with Gasteiger partial charge in [0.2, 0.25) is 0 Å². The van der Waals surface area contributed by atoms with E-state index in [1.807, 2.05) is 12.1 Å². The zero-order chi connectivity index (χ0) is 8.97. The van der Waals surface area contributed by atoms with Crippen molar-refractivity contribution >= 4 is 0 Å². The van der Waals surface area contributed by atoms with Gasteiger partial charge in [0.05, 0.1) is 0 Å². The molecule has 0 saturated heterocycles. The number of rotatable bonds is 3. The fraction of sp³-hybridized carbons (Fsp3) is 0.200. The van der Waals surface area contributed by atoms with Gasteiger partial charge in [0, 0.05) is 6.04 Å². The number of phenols is 1. The summed E-state index contributed by atoms with van der Waals surface area (Å²) in [6, 6.07) is 7.03. The van der Waals surface area contributed by atoms with Crippen LogP contribution in [-0.2, 0) is 6.42 Å². The zero-order valence-corrected chi connectivity index (χ0v) is 6.90. The fourth-order valence-corrected chi connectivity index (χ4v) is 0.988. The monoisotopic (exact) mass is 163 g/mol. The molecule has 1 aromatic carbocycles. The fourth-order valence-electron chi connectivity index (χ4n) is 0.988. The van der Waals surface area contributed by atoms with Crippen molar-refractivity contribution in [3.8, 4) is 5.75 Å². The lowest BCUT2D eigenvalue weighted by molar-refractivity contribution is 0.475. The van der Waals surface area contributed by atoms with Gasteiger partial charge in [-0.05, 0) is 24.1 Å². The van der Waals surface area contributed by atoms with Crippen molar-refractivity contribution in [3.63, 3.8) is 0 Å². The molecule has 2 nitrogen and oxygen atoms in total. The minimum absolute atomic E-state index is 0.00505. The summed E-state index contributed by atoms with van der Waals surface area (Å²) in [5.41, 5.74) is 6.77. The van der Waals surface area contributed by atoms with Crippen LogP contribution in [0.1, 0.15) is 5.56 Å². The first kappa shape index (κ1) is 8.81. The minimum Gasteiger partial charge on any atom is -0.508 e. The summed E-state index contributed by atoms with van der Waals surface area (Å²) in [6.07, 6.45) is 2.48. The molecule has 1 atom stereocenters. The van der Waals surface area contributed by atoms with Crippen molar-refractivity contribution in [2.45, 2.75) is 12.5 Å². The van der Waals surface area contributed by atoms with Gasteiger partial charge in [-0.25, -0.2) is 0 Å². The van der Waals surface area contributed by atoms with Crippen LogP contribution in [0.2, 0.25) is 0 Å². The molecule has 0 aliphatic rings. The lowest BCUT2D eigenvalue weighted by atomic mass is 10.1. The quantitative estimate of drug-likeness (QED) is 0.662. The van der Waals surface area contributed by atoms with Gasteiger partial charge in [0.15, 0.2) is 0 Å². The van der Waals surface area contributed by atoms with Crippen molar-refractivity contribution in [1.29, 1.82) is 0 Å². The number of hydrogen-bond donors (Lipinski definition) is 2. The molecule has 0 bridgehead atoms. The molecule has 3 N–H and O–H groups in total. The average molecular weight is 163 g/mol. The molecule has 1 rings (SSSR count). The van der Waals surface area contributed by atoms with Crippen LogP contribution in [0.3, 0.4) is 0 Å². The summed E-state index contributed by atoms with van der Waals surface area (Å²) >= 11 is 0. The van der Waals surface area contributed by atoms with Gasteiger partial charge < -0.3 is 10.8 Å². The molecule has 0 radical (unpaired) electrons. The van der Waals surface area contributed by atoms with Crippen molar-refractivity contribution in [1.82, 2.24) is 0 Å². The molecule has 0 aromatic heterocycles. The van der Waals surface area contributed by atoms with Gasteiger partial charge in [-0.1, -0.05) is 18.2 Å². The Balaban J connectivity index is 2.64. The van der Waals surface area contributed by atoms with Crippen LogP contribution < -0.4 is 5.73 Å². The molecular weight excluding hydrogens is 150 g/mol. The standard InChI is InChI=1S/C10H13NO/c1-2-9(11)7-8-3-5-10(12)6-4-8/h2-6,9,12H,1,7,11H2/t9-/m1/s1. The van der Waals surface area contributed by atoms with E-state index in [-0.39, 0.29) is 11.8 Å². The highest BCUT2D eigenvalue weighted by molar-refractivity contribution is 5.26.